The van der Waals surface area contributed by atoms with Gasteiger partial charge in [-0.05, 0) is 37.7 Å². The fourth-order valence-corrected chi connectivity index (χ4v) is 3.53. The van der Waals surface area contributed by atoms with E-state index in [0.717, 1.165) is 38.5 Å². The van der Waals surface area contributed by atoms with Gasteiger partial charge in [0.1, 0.15) is 0 Å². The Morgan fingerprint density at radius 3 is 2.24 bits per heavy atom. The molecule has 1 heterocycles. The van der Waals surface area contributed by atoms with Crippen molar-refractivity contribution in [3.8, 4) is 0 Å². The third kappa shape index (κ3) is 6.69. The lowest BCUT2D eigenvalue weighted by molar-refractivity contribution is -0.145. The second-order valence-corrected chi connectivity index (χ2v) is 6.83. The zero-order valence-corrected chi connectivity index (χ0v) is 14.9. The van der Waals surface area contributed by atoms with Gasteiger partial charge in [0, 0.05) is 6.21 Å². The van der Waals surface area contributed by atoms with Gasteiger partial charge in [-0.1, -0.05) is 80.4 Å². The van der Waals surface area contributed by atoms with Gasteiger partial charge in [-0.3, -0.25) is 4.99 Å². The van der Waals surface area contributed by atoms with E-state index in [-0.39, 0.29) is 0 Å². The summed E-state index contributed by atoms with van der Waals surface area (Å²) < 4.78 is 0. The molecule has 3 nitrogen and oxygen atoms in total. The molecule has 1 aliphatic carbocycles. The number of allylic oxidation sites excluding steroid dienone is 10. The topological polar surface area (TPSA) is 49.7 Å². The van der Waals surface area contributed by atoms with E-state index in [0.29, 0.717) is 18.8 Å². The molecule has 2 rings (SSSR count). The van der Waals surface area contributed by atoms with Crippen LogP contribution >= 0.6 is 0 Å². The molecule has 2 unspecified atom stereocenters. The fraction of sp³-hybridized carbons (Fsp3) is 0.455. The number of hydrogen-bond acceptors (Lipinski definition) is 2. The first-order valence-electron chi connectivity index (χ1n) is 9.33. The third-order valence-electron chi connectivity index (χ3n) is 4.89. The lowest BCUT2D eigenvalue weighted by atomic mass is 9.74. The zero-order chi connectivity index (χ0) is 17.8. The van der Waals surface area contributed by atoms with Gasteiger partial charge >= 0.3 is 5.97 Å². The number of aliphatic imine (C=N–C) groups is 1. The molecule has 1 fully saturated rings. The van der Waals surface area contributed by atoms with Crippen LogP contribution in [0.15, 0.2) is 65.8 Å². The van der Waals surface area contributed by atoms with E-state index in [1.165, 1.54) is 0 Å². The van der Waals surface area contributed by atoms with Crippen LogP contribution in [0.1, 0.15) is 51.4 Å². The molecule has 1 saturated carbocycles. The minimum atomic E-state index is -0.927. The highest BCUT2D eigenvalue weighted by molar-refractivity contribution is 5.83. The first-order chi connectivity index (χ1) is 12.2. The molecule has 2 bridgehead atoms. The van der Waals surface area contributed by atoms with E-state index in [1.807, 2.05) is 48.6 Å². The summed E-state index contributed by atoms with van der Waals surface area (Å²) in [5.41, 5.74) is -0.927. The summed E-state index contributed by atoms with van der Waals surface area (Å²) in [5, 5.41) is 9.75. The average molecular weight is 339 g/mol. The molecule has 0 spiro atoms. The minimum Gasteiger partial charge on any atom is -0.479 e. The van der Waals surface area contributed by atoms with Crippen LogP contribution in [0.25, 0.3) is 0 Å². The minimum absolute atomic E-state index is 0.473. The molecule has 3 heteroatoms. The predicted molar refractivity (Wildman–Crippen MR) is 105 cm³/mol. The van der Waals surface area contributed by atoms with Gasteiger partial charge in [0.2, 0.25) is 0 Å². The van der Waals surface area contributed by atoms with Crippen LogP contribution in [0, 0.1) is 5.92 Å². The molecule has 2 atom stereocenters. The third-order valence-corrected chi connectivity index (χ3v) is 4.89. The molecule has 1 N–H and O–H groups in total. The Morgan fingerprint density at radius 1 is 0.880 bits per heavy atom. The van der Waals surface area contributed by atoms with Crippen molar-refractivity contribution in [1.29, 1.82) is 0 Å². The van der Waals surface area contributed by atoms with Gasteiger partial charge in [0.15, 0.2) is 5.54 Å². The van der Waals surface area contributed by atoms with Gasteiger partial charge in [-0.25, -0.2) is 4.79 Å². The van der Waals surface area contributed by atoms with Crippen LogP contribution in [0.3, 0.4) is 0 Å². The number of rotatable bonds is 1. The van der Waals surface area contributed by atoms with E-state index in [4.69, 9.17) is 0 Å². The Hall–Kier alpha value is -2.16. The Kier molecular flexibility index (Phi) is 8.17. The van der Waals surface area contributed by atoms with Crippen molar-refractivity contribution in [3.63, 3.8) is 0 Å². The van der Waals surface area contributed by atoms with Gasteiger partial charge < -0.3 is 5.11 Å². The maximum Gasteiger partial charge on any atom is 0.331 e. The zero-order valence-electron chi connectivity index (χ0n) is 14.9. The molecule has 0 aromatic rings. The highest BCUT2D eigenvalue weighted by atomic mass is 16.4. The molecule has 0 aromatic carbocycles. The number of carboxylic acid groups (broad SMARTS) is 1. The predicted octanol–water partition coefficient (Wildman–Crippen LogP) is 5.43. The molecule has 2 aliphatic rings. The number of carboxylic acids is 1. The van der Waals surface area contributed by atoms with Crippen molar-refractivity contribution in [1.82, 2.24) is 0 Å². The second-order valence-electron chi connectivity index (χ2n) is 6.83. The Morgan fingerprint density at radius 2 is 1.52 bits per heavy atom. The smallest absolute Gasteiger partial charge is 0.331 e. The SMILES string of the molecule is O=C(O)C12CCCC(CCCC\C=C/C=C\C=C/C=C\C=C/C=N1)C2. The van der Waals surface area contributed by atoms with Crippen molar-refractivity contribution in [3.05, 3.63) is 60.8 Å². The lowest BCUT2D eigenvalue weighted by Crippen LogP contribution is -2.41. The summed E-state index contributed by atoms with van der Waals surface area (Å²) in [5.74, 6) is -0.304. The molecule has 25 heavy (non-hydrogen) atoms. The largest absolute Gasteiger partial charge is 0.479 e. The number of aliphatic carboxylic acids is 1. The van der Waals surface area contributed by atoms with Crippen LogP contribution in [0.2, 0.25) is 0 Å². The Bertz CT molecular complexity index is 595. The molecule has 1 aliphatic heterocycles. The summed E-state index contributed by atoms with van der Waals surface area (Å²) >= 11 is 0. The van der Waals surface area contributed by atoms with Crippen LogP contribution < -0.4 is 0 Å². The molecular weight excluding hydrogens is 310 g/mol. The maximum atomic E-state index is 11.9. The van der Waals surface area contributed by atoms with E-state index in [9.17, 15) is 9.90 Å². The molecule has 134 valence electrons. The Balaban J connectivity index is 2.11. The van der Waals surface area contributed by atoms with Gasteiger partial charge in [-0.2, -0.15) is 0 Å². The van der Waals surface area contributed by atoms with E-state index >= 15 is 0 Å². The molecule has 0 radical (unpaired) electrons. The second kappa shape index (κ2) is 10.7. The van der Waals surface area contributed by atoms with Gasteiger partial charge in [0.25, 0.3) is 0 Å². The normalized spacial score (nSPS) is 34.6. The first-order valence-corrected chi connectivity index (χ1v) is 9.33. The Labute approximate surface area is 151 Å². The standard InChI is InChI=1S/C22H29NO2/c24-21(25)22-17-14-16-20(19-22)15-12-10-8-6-4-2-1-3-5-7-9-11-13-18-23-22/h1-7,9,11,13,18,20H,8,10,12,14-17,19H2,(H,24,25)/b2-1-,5-3-,6-4-,9-7-,13-11-,23-18?. The first kappa shape index (κ1) is 19.2. The van der Waals surface area contributed by atoms with E-state index < -0.39 is 11.5 Å². The fourth-order valence-electron chi connectivity index (χ4n) is 3.53. The average Bonchev–Trinajstić information content (AvgIpc) is 2.61. The summed E-state index contributed by atoms with van der Waals surface area (Å²) in [6, 6.07) is 0. The molecule has 0 amide bonds. The number of nitrogens with zero attached hydrogens (tertiary/aromatic N) is 1. The number of hydrogen-bond donors (Lipinski definition) is 1. The van der Waals surface area contributed by atoms with E-state index in [1.54, 1.807) is 6.21 Å². The van der Waals surface area contributed by atoms with Crippen LogP contribution in [0.4, 0.5) is 0 Å². The summed E-state index contributed by atoms with van der Waals surface area (Å²) in [7, 11) is 0. The van der Waals surface area contributed by atoms with Crippen molar-refractivity contribution in [2.75, 3.05) is 0 Å². The van der Waals surface area contributed by atoms with Crippen molar-refractivity contribution >= 4 is 12.2 Å². The van der Waals surface area contributed by atoms with E-state index in [2.05, 4.69) is 17.1 Å². The number of fused-ring (bicyclic) bond motifs is 2. The van der Waals surface area contributed by atoms with Crippen LogP contribution in [0.5, 0.6) is 0 Å². The molecular formula is C22H29NO2. The van der Waals surface area contributed by atoms with Crippen molar-refractivity contribution in [2.24, 2.45) is 10.9 Å². The van der Waals surface area contributed by atoms with Gasteiger partial charge in [-0.15, -0.1) is 0 Å². The summed E-state index contributed by atoms with van der Waals surface area (Å²) in [6.07, 6.45) is 29.4. The molecule has 0 saturated heterocycles. The van der Waals surface area contributed by atoms with Crippen LogP contribution in [-0.4, -0.2) is 22.8 Å². The highest BCUT2D eigenvalue weighted by Gasteiger charge is 2.42. The lowest BCUT2D eigenvalue weighted by Gasteiger charge is -2.34. The quantitative estimate of drug-likeness (QED) is 0.693. The maximum absolute atomic E-state index is 11.9. The number of carbonyl (C=O) groups is 1. The summed E-state index contributed by atoms with van der Waals surface area (Å²) in [6.45, 7) is 0. The molecule has 0 aromatic heterocycles. The monoisotopic (exact) mass is 339 g/mol. The summed E-state index contributed by atoms with van der Waals surface area (Å²) in [4.78, 5) is 16.3. The highest BCUT2D eigenvalue weighted by Crippen LogP contribution is 2.38. The van der Waals surface area contributed by atoms with Crippen molar-refractivity contribution < 1.29 is 9.90 Å². The van der Waals surface area contributed by atoms with Gasteiger partial charge in [0.05, 0.1) is 0 Å². The van der Waals surface area contributed by atoms with Crippen molar-refractivity contribution in [2.45, 2.75) is 56.9 Å². The van der Waals surface area contributed by atoms with Crippen LogP contribution in [-0.2, 0) is 4.79 Å².